The number of para-hydroxylation sites is 1. The van der Waals surface area contributed by atoms with E-state index in [9.17, 15) is 4.79 Å². The lowest BCUT2D eigenvalue weighted by atomic mass is 10.0. The van der Waals surface area contributed by atoms with Gasteiger partial charge in [-0.2, -0.15) is 0 Å². The molecular weight excluding hydrogens is 368 g/mol. The normalized spacial score (nSPS) is 10.4. The highest BCUT2D eigenvalue weighted by Crippen LogP contribution is 2.22. The van der Waals surface area contributed by atoms with Gasteiger partial charge in [0.25, 0.3) is 0 Å². The smallest absolute Gasteiger partial charge is 0.338 e. The fraction of sp³-hybridized carbons (Fsp3) is 0.0435. The van der Waals surface area contributed by atoms with Crippen molar-refractivity contribution in [2.75, 3.05) is 5.32 Å². The first-order valence-corrected chi connectivity index (χ1v) is 9.75. The van der Waals surface area contributed by atoms with Crippen LogP contribution in [0.3, 0.4) is 0 Å². The number of nitrogens with zero attached hydrogens (tertiary/aromatic N) is 1. The predicted molar refractivity (Wildman–Crippen MR) is 113 cm³/mol. The van der Waals surface area contributed by atoms with Gasteiger partial charge in [0.15, 0.2) is 5.13 Å². The number of benzene rings is 3. The third kappa shape index (κ3) is 4.45. The minimum atomic E-state index is -0.356. The molecule has 0 bridgehead atoms. The maximum absolute atomic E-state index is 12.3. The zero-order chi connectivity index (χ0) is 19.2. The van der Waals surface area contributed by atoms with E-state index in [-0.39, 0.29) is 12.6 Å². The van der Waals surface area contributed by atoms with Crippen LogP contribution in [0.4, 0.5) is 10.8 Å². The lowest BCUT2D eigenvalue weighted by molar-refractivity contribution is 0.0468. The lowest BCUT2D eigenvalue weighted by Crippen LogP contribution is -2.05. The number of hydrogen-bond donors (Lipinski definition) is 1. The highest BCUT2D eigenvalue weighted by atomic mass is 32.1. The quantitative estimate of drug-likeness (QED) is 0.419. The molecule has 0 saturated heterocycles. The Morgan fingerprint density at radius 2 is 1.50 bits per heavy atom. The summed E-state index contributed by atoms with van der Waals surface area (Å²) >= 11 is 1.48. The van der Waals surface area contributed by atoms with E-state index in [4.69, 9.17) is 4.74 Å². The minimum Gasteiger partial charge on any atom is -0.456 e. The summed E-state index contributed by atoms with van der Waals surface area (Å²) in [6.45, 7) is 0.145. The van der Waals surface area contributed by atoms with Crippen molar-refractivity contribution in [3.8, 4) is 11.1 Å². The molecule has 0 aliphatic rings. The summed E-state index contributed by atoms with van der Waals surface area (Å²) in [6, 6.07) is 27.3. The highest BCUT2D eigenvalue weighted by Gasteiger charge is 2.10. The van der Waals surface area contributed by atoms with Gasteiger partial charge in [-0.25, -0.2) is 9.78 Å². The van der Waals surface area contributed by atoms with E-state index in [0.29, 0.717) is 5.56 Å². The summed E-state index contributed by atoms with van der Waals surface area (Å²) in [5.74, 6) is -0.356. The fourth-order valence-corrected chi connectivity index (χ4v) is 3.44. The van der Waals surface area contributed by atoms with Crippen LogP contribution < -0.4 is 5.32 Å². The monoisotopic (exact) mass is 386 g/mol. The molecule has 0 fully saturated rings. The van der Waals surface area contributed by atoms with Gasteiger partial charge in [0, 0.05) is 11.1 Å². The van der Waals surface area contributed by atoms with Crippen LogP contribution in [-0.4, -0.2) is 11.0 Å². The number of carbonyl (C=O) groups is 1. The zero-order valence-corrected chi connectivity index (χ0v) is 15.9. The van der Waals surface area contributed by atoms with Crippen molar-refractivity contribution in [1.82, 2.24) is 4.98 Å². The molecule has 0 saturated carbocycles. The van der Waals surface area contributed by atoms with Crippen molar-refractivity contribution in [3.05, 3.63) is 102 Å². The highest BCUT2D eigenvalue weighted by molar-refractivity contribution is 7.13. The molecule has 4 nitrogen and oxygen atoms in total. The van der Waals surface area contributed by atoms with Gasteiger partial charge >= 0.3 is 5.97 Å². The second kappa shape index (κ2) is 8.50. The van der Waals surface area contributed by atoms with E-state index in [2.05, 4.69) is 10.3 Å². The van der Waals surface area contributed by atoms with Crippen molar-refractivity contribution in [2.24, 2.45) is 0 Å². The fourth-order valence-electron chi connectivity index (χ4n) is 2.73. The van der Waals surface area contributed by atoms with Gasteiger partial charge in [-0.3, -0.25) is 0 Å². The average molecular weight is 386 g/mol. The van der Waals surface area contributed by atoms with Gasteiger partial charge < -0.3 is 10.1 Å². The summed E-state index contributed by atoms with van der Waals surface area (Å²) in [7, 11) is 0. The number of rotatable bonds is 6. The Morgan fingerprint density at radius 1 is 0.857 bits per heavy atom. The van der Waals surface area contributed by atoms with Gasteiger partial charge in [0.05, 0.1) is 11.3 Å². The molecule has 0 aliphatic carbocycles. The number of esters is 1. The Kier molecular flexibility index (Phi) is 5.45. The first-order chi connectivity index (χ1) is 13.8. The number of nitrogens with one attached hydrogen (secondary N) is 1. The van der Waals surface area contributed by atoms with Crippen LogP contribution in [0.5, 0.6) is 0 Å². The second-order valence-electron chi connectivity index (χ2n) is 6.15. The van der Waals surface area contributed by atoms with Crippen LogP contribution in [0.2, 0.25) is 0 Å². The standard InChI is InChI=1S/C23H18N2O2S/c26-22(19-13-11-18(12-14-19)17-7-3-1-4-8-17)27-15-21-16-28-23(25-21)24-20-9-5-2-6-10-20/h1-14,16H,15H2,(H,24,25). The van der Waals surface area contributed by atoms with E-state index in [0.717, 1.165) is 27.6 Å². The summed E-state index contributed by atoms with van der Waals surface area (Å²) in [6.07, 6.45) is 0. The lowest BCUT2D eigenvalue weighted by Gasteiger charge is -2.05. The molecule has 1 N–H and O–H groups in total. The molecule has 28 heavy (non-hydrogen) atoms. The molecule has 1 heterocycles. The molecule has 4 rings (SSSR count). The van der Waals surface area contributed by atoms with Crippen molar-refractivity contribution < 1.29 is 9.53 Å². The first kappa shape index (κ1) is 17.9. The molecule has 0 aliphatic heterocycles. The van der Waals surface area contributed by atoms with E-state index < -0.39 is 0 Å². The van der Waals surface area contributed by atoms with Gasteiger partial charge in [-0.05, 0) is 35.4 Å². The number of thiazole rings is 1. The molecular formula is C23H18N2O2S. The summed E-state index contributed by atoms with van der Waals surface area (Å²) in [4.78, 5) is 16.8. The third-order valence-corrected chi connectivity index (χ3v) is 4.96. The van der Waals surface area contributed by atoms with Gasteiger partial charge in [0.2, 0.25) is 0 Å². The van der Waals surface area contributed by atoms with E-state index >= 15 is 0 Å². The van der Waals surface area contributed by atoms with Gasteiger partial charge in [-0.15, -0.1) is 11.3 Å². The Labute approximate surface area is 167 Å². The largest absolute Gasteiger partial charge is 0.456 e. The molecule has 5 heteroatoms. The van der Waals surface area contributed by atoms with Gasteiger partial charge in [-0.1, -0.05) is 60.7 Å². The van der Waals surface area contributed by atoms with Crippen molar-refractivity contribution in [1.29, 1.82) is 0 Å². The Balaban J connectivity index is 1.34. The minimum absolute atomic E-state index is 0.145. The van der Waals surface area contributed by atoms with Crippen LogP contribution >= 0.6 is 11.3 Å². The number of hydrogen-bond acceptors (Lipinski definition) is 5. The van der Waals surface area contributed by atoms with Gasteiger partial charge in [0.1, 0.15) is 6.61 Å². The second-order valence-corrected chi connectivity index (χ2v) is 7.01. The number of anilines is 2. The van der Waals surface area contributed by atoms with Crippen molar-refractivity contribution in [3.63, 3.8) is 0 Å². The van der Waals surface area contributed by atoms with Crippen LogP contribution in [0.1, 0.15) is 16.1 Å². The molecule has 0 unspecified atom stereocenters. The summed E-state index contributed by atoms with van der Waals surface area (Å²) in [5, 5.41) is 5.89. The van der Waals surface area contributed by atoms with Crippen LogP contribution in [0.25, 0.3) is 11.1 Å². The molecule has 0 radical (unpaired) electrons. The summed E-state index contributed by atoms with van der Waals surface area (Å²) in [5.41, 5.74) is 4.39. The van der Waals surface area contributed by atoms with E-state index in [1.807, 2.05) is 78.2 Å². The SMILES string of the molecule is O=C(OCc1csc(Nc2ccccc2)n1)c1ccc(-c2ccccc2)cc1. The third-order valence-electron chi connectivity index (χ3n) is 4.16. The summed E-state index contributed by atoms with van der Waals surface area (Å²) < 4.78 is 5.40. The molecule has 0 spiro atoms. The molecule has 0 atom stereocenters. The maximum Gasteiger partial charge on any atom is 0.338 e. The number of ether oxygens (including phenoxy) is 1. The first-order valence-electron chi connectivity index (χ1n) is 8.87. The Hall–Kier alpha value is -3.44. The van der Waals surface area contributed by atoms with Crippen LogP contribution in [0.15, 0.2) is 90.3 Å². The maximum atomic E-state index is 12.3. The predicted octanol–water partition coefficient (Wildman–Crippen LogP) is 5.91. The van der Waals surface area contributed by atoms with Crippen molar-refractivity contribution in [2.45, 2.75) is 6.61 Å². The number of aromatic nitrogens is 1. The Morgan fingerprint density at radius 3 is 2.21 bits per heavy atom. The van der Waals surface area contributed by atoms with E-state index in [1.165, 1.54) is 11.3 Å². The van der Waals surface area contributed by atoms with Crippen LogP contribution in [-0.2, 0) is 11.3 Å². The zero-order valence-electron chi connectivity index (χ0n) is 15.0. The topological polar surface area (TPSA) is 51.2 Å². The number of carbonyl (C=O) groups excluding carboxylic acids is 1. The molecule has 3 aromatic carbocycles. The average Bonchev–Trinajstić information content (AvgIpc) is 3.21. The molecule has 138 valence electrons. The van der Waals surface area contributed by atoms with Crippen LogP contribution in [0, 0.1) is 0 Å². The van der Waals surface area contributed by atoms with E-state index in [1.54, 1.807) is 12.1 Å². The molecule has 4 aromatic rings. The molecule has 0 amide bonds. The Bertz CT molecular complexity index is 1040. The van der Waals surface area contributed by atoms with Crippen molar-refractivity contribution >= 4 is 28.1 Å². The molecule has 1 aromatic heterocycles.